The van der Waals surface area contributed by atoms with Gasteiger partial charge >= 0.3 is 0 Å². The van der Waals surface area contributed by atoms with Crippen LogP contribution < -0.4 is 24.8 Å². The minimum atomic E-state index is -0.662. The number of hydrogen-bond acceptors (Lipinski definition) is 9. The van der Waals surface area contributed by atoms with Gasteiger partial charge in [0.15, 0.2) is 18.1 Å². The number of unbranched alkanes of at least 4 members (excludes halogenated alkanes) is 1. The predicted octanol–water partition coefficient (Wildman–Crippen LogP) is 6.91. The zero-order chi connectivity index (χ0) is 33.2. The lowest BCUT2D eigenvalue weighted by Crippen LogP contribution is -2.34. The Morgan fingerprint density at radius 2 is 1.76 bits per heavy atom. The van der Waals surface area contributed by atoms with Crippen molar-refractivity contribution in [2.24, 2.45) is 0 Å². The van der Waals surface area contributed by atoms with Crippen molar-refractivity contribution in [1.82, 2.24) is 19.7 Å². The van der Waals surface area contributed by atoms with Crippen molar-refractivity contribution in [2.75, 3.05) is 49.3 Å². The molecule has 13 heteroatoms. The maximum atomic E-state index is 14.2. The normalized spacial score (nSPS) is 13.9. The van der Waals surface area contributed by atoms with Gasteiger partial charge in [-0.25, -0.2) is 4.68 Å². The highest BCUT2D eigenvalue weighted by atomic mass is 79.9. The summed E-state index contributed by atoms with van der Waals surface area (Å²) < 4.78 is 20.2. The molecule has 3 aromatic rings. The number of para-hydroxylation sites is 2. The molecule has 46 heavy (non-hydrogen) atoms. The van der Waals surface area contributed by atoms with Crippen LogP contribution in [0, 0.1) is 0 Å². The quantitative estimate of drug-likeness (QED) is 0.121. The van der Waals surface area contributed by atoms with Crippen molar-refractivity contribution in [3.05, 3.63) is 57.7 Å². The highest BCUT2D eigenvalue weighted by Gasteiger charge is 2.36. The van der Waals surface area contributed by atoms with E-state index in [1.54, 1.807) is 21.3 Å². The van der Waals surface area contributed by atoms with Crippen molar-refractivity contribution in [1.29, 1.82) is 0 Å². The number of amides is 2. The van der Waals surface area contributed by atoms with Crippen molar-refractivity contribution < 1.29 is 23.8 Å². The molecule has 0 aliphatic carbocycles. The number of carbonyl (C=O) groups excluding carboxylic acids is 2. The lowest BCUT2D eigenvalue weighted by Gasteiger charge is -2.29. The van der Waals surface area contributed by atoms with Crippen molar-refractivity contribution in [3.8, 4) is 17.2 Å². The van der Waals surface area contributed by atoms with E-state index in [1.165, 1.54) is 0 Å². The number of aromatic nitrogens is 3. The van der Waals surface area contributed by atoms with Gasteiger partial charge in [0, 0.05) is 24.5 Å². The molecular formula is C33H43BrN6O5S. The van der Waals surface area contributed by atoms with Crippen LogP contribution in [-0.2, 0) is 9.59 Å². The third kappa shape index (κ3) is 8.16. The van der Waals surface area contributed by atoms with E-state index < -0.39 is 6.04 Å². The molecule has 0 saturated carbocycles. The molecule has 2 N–H and O–H groups in total. The fraction of sp³-hybridized carbons (Fsp3) is 0.455. The summed E-state index contributed by atoms with van der Waals surface area (Å²) in [6, 6.07) is 10.4. The summed E-state index contributed by atoms with van der Waals surface area (Å²) in [6.07, 6.45) is 2.11. The molecular weight excluding hydrogens is 672 g/mol. The van der Waals surface area contributed by atoms with Gasteiger partial charge in [-0.05, 0) is 86.8 Å². The summed E-state index contributed by atoms with van der Waals surface area (Å²) in [7, 11) is 0. The van der Waals surface area contributed by atoms with Gasteiger partial charge in [0.25, 0.3) is 11.8 Å². The van der Waals surface area contributed by atoms with Crippen molar-refractivity contribution in [3.63, 3.8) is 0 Å². The third-order valence-corrected chi connectivity index (χ3v) is 8.86. The first-order chi connectivity index (χ1) is 22.3. The summed E-state index contributed by atoms with van der Waals surface area (Å²) in [6.45, 7) is 13.5. The molecule has 2 heterocycles. The molecule has 2 aromatic carbocycles. The first kappa shape index (κ1) is 35.1. The van der Waals surface area contributed by atoms with E-state index >= 15 is 0 Å². The summed E-state index contributed by atoms with van der Waals surface area (Å²) in [5.41, 5.74) is 2.37. The van der Waals surface area contributed by atoms with Gasteiger partial charge in [-0.2, -0.15) is 4.98 Å². The minimum absolute atomic E-state index is 0.119. The molecule has 0 spiro atoms. The number of thioether (sulfide) groups is 1. The average Bonchev–Trinajstić information content (AvgIpc) is 3.43. The van der Waals surface area contributed by atoms with Crippen LogP contribution in [0.1, 0.15) is 66.0 Å². The van der Waals surface area contributed by atoms with Crippen LogP contribution in [0.3, 0.4) is 0 Å². The maximum absolute atomic E-state index is 14.2. The Morgan fingerprint density at radius 3 is 2.46 bits per heavy atom. The largest absolute Gasteiger partial charge is 0.492 e. The van der Waals surface area contributed by atoms with Gasteiger partial charge in [0.2, 0.25) is 11.1 Å². The van der Waals surface area contributed by atoms with Gasteiger partial charge in [-0.1, -0.05) is 37.2 Å². The number of likely N-dealkylation sites (N-methyl/N-ethyl adjacent to an activating group) is 1. The predicted molar refractivity (Wildman–Crippen MR) is 185 cm³/mol. The highest BCUT2D eigenvalue weighted by Crippen LogP contribution is 2.43. The summed E-state index contributed by atoms with van der Waals surface area (Å²) in [4.78, 5) is 33.4. The molecule has 0 bridgehead atoms. The first-order valence-electron chi connectivity index (χ1n) is 15.7. The van der Waals surface area contributed by atoms with Gasteiger partial charge in [0.1, 0.15) is 11.8 Å². The summed E-state index contributed by atoms with van der Waals surface area (Å²) in [5, 5.41) is 11.8. The smallest absolute Gasteiger partial charge is 0.260 e. The number of allylic oxidation sites excluding steroid dienone is 1. The number of nitrogens with one attached hydrogen (secondary N) is 2. The van der Waals surface area contributed by atoms with E-state index in [9.17, 15) is 9.59 Å². The number of benzene rings is 2. The van der Waals surface area contributed by atoms with Crippen molar-refractivity contribution in [2.45, 2.75) is 65.6 Å². The molecule has 1 aliphatic heterocycles. The Kier molecular flexibility index (Phi) is 12.8. The number of rotatable bonds is 16. The minimum Gasteiger partial charge on any atom is -0.492 e. The van der Waals surface area contributed by atoms with Crippen LogP contribution in [0.5, 0.6) is 17.2 Å². The topological polar surface area (TPSA) is 120 Å². The Balaban J connectivity index is 1.78. The van der Waals surface area contributed by atoms with Crippen LogP contribution in [0.15, 0.2) is 57.3 Å². The molecule has 1 unspecified atom stereocenters. The maximum Gasteiger partial charge on any atom is 0.260 e. The zero-order valence-corrected chi connectivity index (χ0v) is 29.7. The first-order valence-corrected chi connectivity index (χ1v) is 17.5. The summed E-state index contributed by atoms with van der Waals surface area (Å²) in [5.74, 6) is 2.41. The molecule has 1 aromatic heterocycles. The number of halogens is 1. The Hall–Kier alpha value is -3.71. The SMILES string of the molecule is CCCCSc1nc2n(n1)C(c1cc(Br)c(OCC(=O)N(CC)CC)c(OCC)c1)C(C(=O)Nc1ccccc1OCC)=C(C)N2. The van der Waals surface area contributed by atoms with Crippen LogP contribution >= 0.6 is 27.7 Å². The molecule has 11 nitrogen and oxygen atoms in total. The van der Waals surface area contributed by atoms with E-state index in [-0.39, 0.29) is 18.4 Å². The van der Waals surface area contributed by atoms with Crippen molar-refractivity contribution >= 4 is 51.1 Å². The number of anilines is 2. The van der Waals surface area contributed by atoms with E-state index in [1.807, 2.05) is 71.0 Å². The van der Waals surface area contributed by atoms with E-state index in [4.69, 9.17) is 24.3 Å². The monoisotopic (exact) mass is 714 g/mol. The van der Waals surface area contributed by atoms with Crippen LogP contribution in [-0.4, -0.2) is 70.1 Å². The second-order valence-corrected chi connectivity index (χ2v) is 12.3. The molecule has 1 aliphatic rings. The standard InChI is InChI=1S/C33H43BrN6O5S/c1-7-12-17-46-33-37-32-35-21(6)28(31(42)36-24-15-13-14-16-25(24)43-10-4)29(40(32)38-33)22-18-23(34)30(26(19-22)44-11-5)45-20-27(41)39(8-2)9-3/h13-16,18-19,29H,7-12,17,20H2,1-6H3,(H,36,42)(H,35,37,38). The Morgan fingerprint density at radius 1 is 1.04 bits per heavy atom. The number of carbonyl (C=O) groups is 2. The Bertz CT molecular complexity index is 1560. The summed E-state index contributed by atoms with van der Waals surface area (Å²) >= 11 is 5.25. The average molecular weight is 716 g/mol. The molecule has 4 rings (SSSR count). The zero-order valence-electron chi connectivity index (χ0n) is 27.3. The van der Waals surface area contributed by atoms with Gasteiger partial charge in [0.05, 0.1) is 28.9 Å². The Labute approximate surface area is 283 Å². The number of hydrogen-bond donors (Lipinski definition) is 2. The number of ether oxygens (including phenoxy) is 3. The van der Waals surface area contributed by atoms with Gasteiger partial charge in [-0.3, -0.25) is 9.59 Å². The van der Waals surface area contributed by atoms with Gasteiger partial charge < -0.3 is 29.7 Å². The van der Waals surface area contributed by atoms with Crippen LogP contribution in [0.4, 0.5) is 11.6 Å². The van der Waals surface area contributed by atoms with E-state index in [2.05, 4.69) is 33.5 Å². The second-order valence-electron chi connectivity index (χ2n) is 10.4. The van der Waals surface area contributed by atoms with E-state index in [0.717, 1.165) is 24.2 Å². The lowest BCUT2D eigenvalue weighted by atomic mass is 9.94. The fourth-order valence-corrected chi connectivity index (χ4v) is 6.58. The molecule has 0 saturated heterocycles. The van der Waals surface area contributed by atoms with Gasteiger partial charge in [-0.15, -0.1) is 5.10 Å². The number of fused-ring (bicyclic) bond motifs is 1. The molecule has 2 amide bonds. The van der Waals surface area contributed by atoms with Crippen LogP contribution in [0.25, 0.3) is 0 Å². The molecule has 1 atom stereocenters. The second kappa shape index (κ2) is 16.7. The van der Waals surface area contributed by atoms with E-state index in [0.29, 0.717) is 76.1 Å². The third-order valence-electron chi connectivity index (χ3n) is 7.35. The highest BCUT2D eigenvalue weighted by molar-refractivity contribution is 9.10. The molecule has 0 radical (unpaired) electrons. The number of nitrogens with zero attached hydrogens (tertiary/aromatic N) is 4. The fourth-order valence-electron chi connectivity index (χ4n) is 5.09. The molecule has 0 fully saturated rings. The molecule has 248 valence electrons. The lowest BCUT2D eigenvalue weighted by molar-refractivity contribution is -0.133. The van der Waals surface area contributed by atoms with Crippen LogP contribution in [0.2, 0.25) is 0 Å².